The van der Waals surface area contributed by atoms with Gasteiger partial charge in [0.1, 0.15) is 5.75 Å². The van der Waals surface area contributed by atoms with Gasteiger partial charge >= 0.3 is 0 Å². The van der Waals surface area contributed by atoms with Gasteiger partial charge in [-0.2, -0.15) is 0 Å². The van der Waals surface area contributed by atoms with Crippen molar-refractivity contribution in [3.8, 4) is 5.75 Å². The summed E-state index contributed by atoms with van der Waals surface area (Å²) in [6, 6.07) is 17.7. The second kappa shape index (κ2) is 10.4. The third-order valence-corrected chi connectivity index (χ3v) is 6.61. The van der Waals surface area contributed by atoms with Crippen LogP contribution in [0.5, 0.6) is 5.75 Å². The lowest BCUT2D eigenvalue weighted by Crippen LogP contribution is -2.42. The Morgan fingerprint density at radius 1 is 1.17 bits per heavy atom. The molecule has 1 atom stereocenters. The second-order valence-corrected chi connectivity index (χ2v) is 9.23. The van der Waals surface area contributed by atoms with Crippen molar-refractivity contribution in [2.75, 3.05) is 39.5 Å². The number of hydrogen-bond donors (Lipinski definition) is 2. The molecule has 1 fully saturated rings. The van der Waals surface area contributed by atoms with E-state index >= 15 is 0 Å². The number of likely N-dealkylation sites (tertiary alicyclic amines) is 1. The molecule has 7 nitrogen and oxygen atoms in total. The molecule has 8 heteroatoms. The minimum atomic E-state index is -3.37. The van der Waals surface area contributed by atoms with Crippen molar-refractivity contribution in [2.45, 2.75) is 18.9 Å². The Labute approximate surface area is 179 Å². The van der Waals surface area contributed by atoms with Crippen molar-refractivity contribution >= 4 is 16.0 Å². The SMILES string of the molecule is CN=C(NCCS(=O)(=O)NCc1ccccc1)N1CCC(c2ccc(OC)cc2)C1. The number of sulfonamides is 1. The summed E-state index contributed by atoms with van der Waals surface area (Å²) in [5, 5.41) is 3.19. The summed E-state index contributed by atoms with van der Waals surface area (Å²) in [5.41, 5.74) is 2.22. The van der Waals surface area contributed by atoms with Crippen LogP contribution < -0.4 is 14.8 Å². The fourth-order valence-electron chi connectivity index (χ4n) is 3.59. The Hall–Kier alpha value is -2.58. The first-order chi connectivity index (χ1) is 14.5. The number of hydrogen-bond acceptors (Lipinski definition) is 4. The number of aliphatic imine (C=N–C) groups is 1. The lowest BCUT2D eigenvalue weighted by molar-refractivity contribution is 0.414. The molecule has 1 heterocycles. The molecule has 0 bridgehead atoms. The summed E-state index contributed by atoms with van der Waals surface area (Å²) in [7, 11) is 0.0280. The normalized spacial score (nSPS) is 17.2. The van der Waals surface area contributed by atoms with Gasteiger partial charge in [-0.3, -0.25) is 4.99 Å². The molecule has 0 amide bonds. The molecule has 2 aromatic carbocycles. The van der Waals surface area contributed by atoms with E-state index in [2.05, 4.69) is 32.1 Å². The van der Waals surface area contributed by atoms with E-state index in [1.807, 2.05) is 42.5 Å². The molecular formula is C22H30N4O3S. The van der Waals surface area contributed by atoms with Gasteiger partial charge in [-0.25, -0.2) is 13.1 Å². The van der Waals surface area contributed by atoms with Crippen molar-refractivity contribution in [1.29, 1.82) is 0 Å². The van der Waals surface area contributed by atoms with Gasteiger partial charge in [0.15, 0.2) is 5.96 Å². The van der Waals surface area contributed by atoms with E-state index < -0.39 is 10.0 Å². The summed E-state index contributed by atoms with van der Waals surface area (Å²) in [6.07, 6.45) is 1.03. The average Bonchev–Trinajstić information content (AvgIpc) is 3.26. The highest BCUT2D eigenvalue weighted by Crippen LogP contribution is 2.28. The molecule has 0 radical (unpaired) electrons. The predicted molar refractivity (Wildman–Crippen MR) is 120 cm³/mol. The number of benzene rings is 2. The number of methoxy groups -OCH3 is 1. The van der Waals surface area contributed by atoms with Gasteiger partial charge in [0.25, 0.3) is 0 Å². The third kappa shape index (κ3) is 6.21. The molecule has 1 aliphatic heterocycles. The Balaban J connectivity index is 1.46. The van der Waals surface area contributed by atoms with Crippen LogP contribution >= 0.6 is 0 Å². The van der Waals surface area contributed by atoms with Crippen LogP contribution in [0.2, 0.25) is 0 Å². The molecule has 0 spiro atoms. The maximum Gasteiger partial charge on any atom is 0.213 e. The fraction of sp³-hybridized carbons (Fsp3) is 0.409. The monoisotopic (exact) mass is 430 g/mol. The van der Waals surface area contributed by atoms with Crippen LogP contribution in [0, 0.1) is 0 Å². The molecule has 0 aromatic heterocycles. The van der Waals surface area contributed by atoms with E-state index in [1.165, 1.54) is 5.56 Å². The van der Waals surface area contributed by atoms with Crippen molar-refractivity contribution in [3.05, 3.63) is 65.7 Å². The molecule has 1 aliphatic rings. The first kappa shape index (κ1) is 22.1. The highest BCUT2D eigenvalue weighted by molar-refractivity contribution is 7.89. The lowest BCUT2D eigenvalue weighted by atomic mass is 9.98. The first-order valence-corrected chi connectivity index (χ1v) is 11.8. The van der Waals surface area contributed by atoms with Crippen LogP contribution in [-0.4, -0.2) is 58.8 Å². The zero-order chi connectivity index (χ0) is 21.4. The van der Waals surface area contributed by atoms with Crippen LogP contribution in [-0.2, 0) is 16.6 Å². The first-order valence-electron chi connectivity index (χ1n) is 10.1. The zero-order valence-corrected chi connectivity index (χ0v) is 18.4. The van der Waals surface area contributed by atoms with Crippen molar-refractivity contribution in [1.82, 2.24) is 14.9 Å². The minimum Gasteiger partial charge on any atom is -0.497 e. The van der Waals surface area contributed by atoms with Gasteiger partial charge < -0.3 is 15.0 Å². The number of nitrogens with one attached hydrogen (secondary N) is 2. The maximum absolute atomic E-state index is 12.3. The largest absolute Gasteiger partial charge is 0.497 e. The summed E-state index contributed by atoms with van der Waals surface area (Å²) < 4.78 is 32.4. The van der Waals surface area contributed by atoms with Crippen LogP contribution in [0.15, 0.2) is 59.6 Å². The zero-order valence-electron chi connectivity index (χ0n) is 17.5. The Kier molecular flexibility index (Phi) is 7.70. The Bertz CT molecular complexity index is 931. The molecule has 0 aliphatic carbocycles. The van der Waals surface area contributed by atoms with E-state index in [-0.39, 0.29) is 5.75 Å². The fourth-order valence-corrected chi connectivity index (χ4v) is 4.49. The van der Waals surface area contributed by atoms with Crippen molar-refractivity contribution in [3.63, 3.8) is 0 Å². The third-order valence-electron chi connectivity index (χ3n) is 5.28. The molecule has 2 aromatic rings. The van der Waals surface area contributed by atoms with Crippen LogP contribution in [0.25, 0.3) is 0 Å². The second-order valence-electron chi connectivity index (χ2n) is 7.30. The van der Waals surface area contributed by atoms with Gasteiger partial charge in [0.05, 0.1) is 12.9 Å². The average molecular weight is 431 g/mol. The van der Waals surface area contributed by atoms with E-state index in [9.17, 15) is 8.42 Å². The summed E-state index contributed by atoms with van der Waals surface area (Å²) in [4.78, 5) is 6.51. The summed E-state index contributed by atoms with van der Waals surface area (Å²) in [6.45, 7) is 2.34. The van der Waals surface area contributed by atoms with Crippen molar-refractivity contribution < 1.29 is 13.2 Å². The quantitative estimate of drug-likeness (QED) is 0.495. The molecule has 0 saturated carbocycles. The number of nitrogens with zero attached hydrogens (tertiary/aromatic N) is 2. The standard InChI is InChI=1S/C22H30N4O3S/c1-23-22(24-13-15-30(27,28)25-16-18-6-4-3-5-7-18)26-14-12-20(17-26)19-8-10-21(29-2)11-9-19/h3-11,20,25H,12-17H2,1-2H3,(H,23,24). The molecule has 1 unspecified atom stereocenters. The number of ether oxygens (including phenoxy) is 1. The smallest absolute Gasteiger partial charge is 0.213 e. The van der Waals surface area contributed by atoms with Gasteiger partial charge in [0, 0.05) is 39.1 Å². The molecule has 162 valence electrons. The van der Waals surface area contributed by atoms with E-state index in [4.69, 9.17) is 4.74 Å². The molecule has 3 rings (SSSR count). The Morgan fingerprint density at radius 3 is 2.57 bits per heavy atom. The van der Waals surface area contributed by atoms with Gasteiger partial charge in [-0.15, -0.1) is 0 Å². The van der Waals surface area contributed by atoms with Gasteiger partial charge in [-0.05, 0) is 29.7 Å². The highest BCUT2D eigenvalue weighted by atomic mass is 32.2. The lowest BCUT2D eigenvalue weighted by Gasteiger charge is -2.22. The topological polar surface area (TPSA) is 83.0 Å². The maximum atomic E-state index is 12.3. The molecule has 30 heavy (non-hydrogen) atoms. The van der Waals surface area contributed by atoms with Crippen LogP contribution in [0.4, 0.5) is 0 Å². The predicted octanol–water partition coefficient (Wildman–Crippen LogP) is 2.18. The van der Waals surface area contributed by atoms with Crippen molar-refractivity contribution in [2.24, 2.45) is 4.99 Å². The van der Waals surface area contributed by atoms with Crippen LogP contribution in [0.3, 0.4) is 0 Å². The van der Waals surface area contributed by atoms with E-state index in [1.54, 1.807) is 14.2 Å². The van der Waals surface area contributed by atoms with Gasteiger partial charge in [0.2, 0.25) is 10.0 Å². The molecule has 2 N–H and O–H groups in total. The molecular weight excluding hydrogens is 400 g/mol. The minimum absolute atomic E-state index is 0.00536. The van der Waals surface area contributed by atoms with Gasteiger partial charge in [-0.1, -0.05) is 42.5 Å². The van der Waals surface area contributed by atoms with Crippen LogP contribution in [0.1, 0.15) is 23.5 Å². The van der Waals surface area contributed by atoms with E-state index in [0.717, 1.165) is 36.8 Å². The summed E-state index contributed by atoms with van der Waals surface area (Å²) in [5.74, 6) is 2.01. The number of guanidine groups is 1. The highest BCUT2D eigenvalue weighted by Gasteiger charge is 2.26. The molecule has 1 saturated heterocycles. The number of rotatable bonds is 8. The van der Waals surface area contributed by atoms with E-state index in [0.29, 0.717) is 19.0 Å². The summed E-state index contributed by atoms with van der Waals surface area (Å²) >= 11 is 0. The Morgan fingerprint density at radius 2 is 1.90 bits per heavy atom.